The third-order valence-electron chi connectivity index (χ3n) is 5.94. The van der Waals surface area contributed by atoms with Gasteiger partial charge in [-0.05, 0) is 41.3 Å². The zero-order chi connectivity index (χ0) is 24.4. The molecule has 2 atom stereocenters. The number of hydrogen-bond donors (Lipinski definition) is 1. The van der Waals surface area contributed by atoms with Crippen LogP contribution in [0.5, 0.6) is 23.0 Å². The molecule has 0 saturated carbocycles. The second-order valence-electron chi connectivity index (χ2n) is 7.71. The first-order valence-corrected chi connectivity index (χ1v) is 11.4. The van der Waals surface area contributed by atoms with Gasteiger partial charge in [-0.3, -0.25) is 9.59 Å². The molecule has 2 aromatic carbocycles. The molecule has 4 rings (SSSR count). The first-order valence-electron chi connectivity index (χ1n) is 10.5. The number of nitrogens with one attached hydrogen (secondary N) is 1. The molecule has 1 N–H and O–H groups in total. The van der Waals surface area contributed by atoms with Gasteiger partial charge in [0.05, 0.1) is 40.4 Å². The number of carbonyl (C=O) groups excluding carboxylic acids is 2. The number of rotatable bonds is 7. The van der Waals surface area contributed by atoms with Crippen molar-refractivity contribution in [3.63, 3.8) is 0 Å². The van der Waals surface area contributed by atoms with Gasteiger partial charge in [-0.2, -0.15) is 0 Å². The van der Waals surface area contributed by atoms with Gasteiger partial charge in [-0.15, -0.1) is 11.3 Å². The molecular formula is C25H26N2O6S. The average Bonchev–Trinajstić information content (AvgIpc) is 3.39. The Morgan fingerprint density at radius 3 is 2.18 bits per heavy atom. The van der Waals surface area contributed by atoms with E-state index < -0.39 is 12.0 Å². The second kappa shape index (κ2) is 9.64. The van der Waals surface area contributed by atoms with E-state index in [2.05, 4.69) is 5.32 Å². The smallest absolute Gasteiger partial charge is 0.254 e. The Hall–Kier alpha value is -3.72. The summed E-state index contributed by atoms with van der Waals surface area (Å²) in [5.41, 5.74) is 1.53. The molecule has 178 valence electrons. The predicted octanol–water partition coefficient (Wildman–Crippen LogP) is 4.33. The Balaban J connectivity index is 1.82. The third kappa shape index (κ3) is 4.03. The molecule has 9 heteroatoms. The van der Waals surface area contributed by atoms with Gasteiger partial charge in [-0.1, -0.05) is 6.07 Å². The number of likely N-dealkylation sites (N-methyl/N-ethyl adjacent to an activating group) is 1. The summed E-state index contributed by atoms with van der Waals surface area (Å²) in [6.07, 6.45) is 0. The number of anilines is 1. The van der Waals surface area contributed by atoms with E-state index in [0.717, 1.165) is 4.88 Å². The van der Waals surface area contributed by atoms with Crippen LogP contribution in [0.15, 0.2) is 47.8 Å². The summed E-state index contributed by atoms with van der Waals surface area (Å²) in [5, 5.41) is 4.92. The molecule has 2 heterocycles. The number of amides is 2. The highest BCUT2D eigenvalue weighted by molar-refractivity contribution is 7.10. The molecule has 1 aromatic heterocycles. The Morgan fingerprint density at radius 2 is 1.56 bits per heavy atom. The van der Waals surface area contributed by atoms with E-state index in [1.165, 1.54) is 32.7 Å². The van der Waals surface area contributed by atoms with Gasteiger partial charge in [0, 0.05) is 29.2 Å². The standard InChI is InChI=1S/C25H26N2O6S/c1-27-23(21-7-6-10-34-21)22(15-12-19(32-4)20(33-5)13-16(15)25(27)29)24(28)26-14-8-9-17(30-2)18(11-14)31-3/h6-13,22-23H,1-5H3,(H,26,28). The molecule has 2 unspecified atom stereocenters. The largest absolute Gasteiger partial charge is 0.493 e. The number of methoxy groups -OCH3 is 4. The van der Waals surface area contributed by atoms with Crippen LogP contribution in [0.4, 0.5) is 5.69 Å². The van der Waals surface area contributed by atoms with Crippen molar-refractivity contribution in [2.24, 2.45) is 0 Å². The van der Waals surface area contributed by atoms with E-state index in [4.69, 9.17) is 18.9 Å². The lowest BCUT2D eigenvalue weighted by Crippen LogP contribution is -2.43. The lowest BCUT2D eigenvalue weighted by Gasteiger charge is -2.39. The highest BCUT2D eigenvalue weighted by Gasteiger charge is 2.44. The first kappa shape index (κ1) is 23.4. The van der Waals surface area contributed by atoms with Gasteiger partial charge in [0.2, 0.25) is 5.91 Å². The summed E-state index contributed by atoms with van der Waals surface area (Å²) < 4.78 is 21.5. The molecule has 0 radical (unpaired) electrons. The third-order valence-corrected chi connectivity index (χ3v) is 6.89. The summed E-state index contributed by atoms with van der Waals surface area (Å²) >= 11 is 1.50. The molecule has 3 aromatic rings. The number of ether oxygens (including phenoxy) is 4. The fourth-order valence-electron chi connectivity index (χ4n) is 4.28. The summed E-state index contributed by atoms with van der Waals surface area (Å²) in [6.45, 7) is 0. The van der Waals surface area contributed by atoms with Gasteiger partial charge in [-0.25, -0.2) is 0 Å². The number of hydrogen-bond acceptors (Lipinski definition) is 7. The van der Waals surface area contributed by atoms with Crippen LogP contribution in [0.1, 0.15) is 32.8 Å². The molecule has 0 bridgehead atoms. The SMILES string of the molecule is COc1ccc(NC(=O)C2c3cc(OC)c(OC)cc3C(=O)N(C)C2c2cccs2)cc1OC. The molecule has 0 saturated heterocycles. The number of thiophene rings is 1. The zero-order valence-corrected chi connectivity index (χ0v) is 20.4. The summed E-state index contributed by atoms with van der Waals surface area (Å²) in [6, 6.07) is 11.9. The van der Waals surface area contributed by atoms with Crippen molar-refractivity contribution < 1.29 is 28.5 Å². The normalized spacial score (nSPS) is 17.1. The van der Waals surface area contributed by atoms with Gasteiger partial charge in [0.1, 0.15) is 0 Å². The van der Waals surface area contributed by atoms with Crippen LogP contribution >= 0.6 is 11.3 Å². The molecule has 34 heavy (non-hydrogen) atoms. The molecule has 1 aliphatic heterocycles. The number of fused-ring (bicyclic) bond motifs is 1. The highest BCUT2D eigenvalue weighted by Crippen LogP contribution is 2.47. The minimum Gasteiger partial charge on any atom is -0.493 e. The van der Waals surface area contributed by atoms with Crippen molar-refractivity contribution in [3.05, 3.63) is 63.8 Å². The molecule has 2 amide bonds. The summed E-state index contributed by atoms with van der Waals surface area (Å²) in [4.78, 5) is 29.7. The molecule has 1 aliphatic rings. The van der Waals surface area contributed by atoms with Gasteiger partial charge >= 0.3 is 0 Å². The van der Waals surface area contributed by atoms with Crippen LogP contribution < -0.4 is 24.3 Å². The monoisotopic (exact) mass is 482 g/mol. The Kier molecular flexibility index (Phi) is 6.65. The van der Waals surface area contributed by atoms with Crippen molar-refractivity contribution in [1.29, 1.82) is 0 Å². The maximum absolute atomic E-state index is 13.8. The molecule has 0 aliphatic carbocycles. The fraction of sp³-hybridized carbons (Fsp3) is 0.280. The van der Waals surface area contributed by atoms with E-state index in [1.54, 1.807) is 49.4 Å². The fourth-order valence-corrected chi connectivity index (χ4v) is 5.19. The molecular weight excluding hydrogens is 456 g/mol. The number of carbonyl (C=O) groups is 2. The van der Waals surface area contributed by atoms with E-state index in [0.29, 0.717) is 39.8 Å². The van der Waals surface area contributed by atoms with Gasteiger partial charge < -0.3 is 29.2 Å². The van der Waals surface area contributed by atoms with Gasteiger partial charge in [0.25, 0.3) is 5.91 Å². The topological polar surface area (TPSA) is 86.3 Å². The van der Waals surface area contributed by atoms with Crippen molar-refractivity contribution >= 4 is 28.8 Å². The summed E-state index contributed by atoms with van der Waals surface area (Å²) in [5.74, 6) is 0.788. The van der Waals surface area contributed by atoms with Crippen molar-refractivity contribution in [1.82, 2.24) is 4.90 Å². The average molecular weight is 483 g/mol. The number of nitrogens with zero attached hydrogens (tertiary/aromatic N) is 1. The number of benzene rings is 2. The van der Waals surface area contributed by atoms with Crippen molar-refractivity contribution in [2.75, 3.05) is 40.8 Å². The molecule has 0 fully saturated rings. The van der Waals surface area contributed by atoms with Crippen molar-refractivity contribution in [3.8, 4) is 23.0 Å². The summed E-state index contributed by atoms with van der Waals surface area (Å²) in [7, 11) is 7.83. The van der Waals surface area contributed by atoms with E-state index in [-0.39, 0.29) is 11.8 Å². The van der Waals surface area contributed by atoms with E-state index in [1.807, 2.05) is 17.5 Å². The van der Waals surface area contributed by atoms with Crippen LogP contribution in [-0.2, 0) is 4.79 Å². The van der Waals surface area contributed by atoms with E-state index >= 15 is 0 Å². The maximum atomic E-state index is 13.8. The van der Waals surface area contributed by atoms with Crippen LogP contribution in [0, 0.1) is 0 Å². The van der Waals surface area contributed by atoms with Crippen LogP contribution in [-0.4, -0.2) is 52.2 Å². The Bertz CT molecular complexity index is 1210. The Labute approximate surface area is 202 Å². The van der Waals surface area contributed by atoms with Crippen LogP contribution in [0.25, 0.3) is 0 Å². The van der Waals surface area contributed by atoms with E-state index in [9.17, 15) is 9.59 Å². The predicted molar refractivity (Wildman–Crippen MR) is 130 cm³/mol. The molecule has 8 nitrogen and oxygen atoms in total. The first-order chi connectivity index (χ1) is 16.4. The second-order valence-corrected chi connectivity index (χ2v) is 8.69. The zero-order valence-electron chi connectivity index (χ0n) is 19.6. The van der Waals surface area contributed by atoms with Gasteiger partial charge in [0.15, 0.2) is 23.0 Å². The van der Waals surface area contributed by atoms with Crippen LogP contribution in [0.2, 0.25) is 0 Å². The molecule has 0 spiro atoms. The Morgan fingerprint density at radius 1 is 0.912 bits per heavy atom. The lowest BCUT2D eigenvalue weighted by molar-refractivity contribution is -0.119. The van der Waals surface area contributed by atoms with Crippen LogP contribution in [0.3, 0.4) is 0 Å². The van der Waals surface area contributed by atoms with Crippen molar-refractivity contribution in [2.45, 2.75) is 12.0 Å². The lowest BCUT2D eigenvalue weighted by atomic mass is 9.81. The quantitative estimate of drug-likeness (QED) is 0.540. The minimum absolute atomic E-state index is 0.190. The minimum atomic E-state index is -0.691. The maximum Gasteiger partial charge on any atom is 0.254 e. The highest BCUT2D eigenvalue weighted by atomic mass is 32.1.